The van der Waals surface area contributed by atoms with Gasteiger partial charge in [0.2, 0.25) is 0 Å². The number of nitrogens with zero attached hydrogens (tertiary/aromatic N) is 4. The Morgan fingerprint density at radius 2 is 2.04 bits per heavy atom. The second-order valence-corrected chi connectivity index (χ2v) is 6.41. The van der Waals surface area contributed by atoms with E-state index in [1.807, 2.05) is 18.2 Å². The lowest BCUT2D eigenvalue weighted by atomic mass is 10.2. The molecule has 0 unspecified atom stereocenters. The van der Waals surface area contributed by atoms with Crippen molar-refractivity contribution in [1.82, 2.24) is 19.9 Å². The first kappa shape index (κ1) is 18.8. The predicted molar refractivity (Wildman–Crippen MR) is 99.9 cm³/mol. The van der Waals surface area contributed by atoms with E-state index in [1.54, 1.807) is 37.9 Å². The molecule has 1 heterocycles. The molecule has 3 aromatic rings. The molecule has 3 rings (SSSR count). The molecule has 0 saturated heterocycles. The Labute approximate surface area is 161 Å². The zero-order valence-electron chi connectivity index (χ0n) is 15.1. The van der Waals surface area contributed by atoms with E-state index in [9.17, 15) is 9.18 Å². The number of benzene rings is 2. The summed E-state index contributed by atoms with van der Waals surface area (Å²) >= 11 is 6.05. The number of methoxy groups -OCH3 is 1. The molecule has 0 saturated carbocycles. The number of rotatable bonds is 5. The van der Waals surface area contributed by atoms with Gasteiger partial charge >= 0.3 is 0 Å². The minimum Gasteiger partial charge on any atom is -0.497 e. The quantitative estimate of drug-likeness (QED) is 0.669. The molecule has 0 fully saturated rings. The first-order chi connectivity index (χ1) is 12.9. The van der Waals surface area contributed by atoms with E-state index in [2.05, 4.69) is 10.3 Å². The Bertz CT molecular complexity index is 969. The largest absolute Gasteiger partial charge is 0.497 e. The van der Waals surface area contributed by atoms with Crippen LogP contribution in [0.3, 0.4) is 0 Å². The van der Waals surface area contributed by atoms with E-state index < -0.39 is 5.82 Å². The highest BCUT2D eigenvalue weighted by Gasteiger charge is 2.22. The summed E-state index contributed by atoms with van der Waals surface area (Å²) in [5, 5.41) is 8.35. The number of hydrogen-bond donors (Lipinski definition) is 0. The zero-order valence-corrected chi connectivity index (χ0v) is 15.9. The number of carbonyl (C=O) groups excluding carboxylic acids is 1. The molecule has 0 aliphatic heterocycles. The van der Waals surface area contributed by atoms with Gasteiger partial charge in [0.25, 0.3) is 5.91 Å². The average Bonchev–Trinajstić information content (AvgIpc) is 3.05. The van der Waals surface area contributed by atoms with Crippen LogP contribution in [-0.2, 0) is 6.54 Å². The van der Waals surface area contributed by atoms with Crippen LogP contribution in [0.4, 0.5) is 4.39 Å². The number of aromatic nitrogens is 3. The summed E-state index contributed by atoms with van der Waals surface area (Å²) in [5.74, 6) is -0.165. The summed E-state index contributed by atoms with van der Waals surface area (Å²) in [6.07, 6.45) is 0. The smallest absolute Gasteiger partial charge is 0.276 e. The third-order valence-electron chi connectivity index (χ3n) is 4.20. The molecule has 0 N–H and O–H groups in total. The Morgan fingerprint density at radius 3 is 2.74 bits per heavy atom. The molecule has 0 bridgehead atoms. The van der Waals surface area contributed by atoms with E-state index in [4.69, 9.17) is 16.3 Å². The highest BCUT2D eigenvalue weighted by molar-refractivity contribution is 6.31. The fourth-order valence-electron chi connectivity index (χ4n) is 2.69. The third kappa shape index (κ3) is 3.78. The summed E-state index contributed by atoms with van der Waals surface area (Å²) in [7, 11) is 3.14. The fourth-order valence-corrected chi connectivity index (χ4v) is 2.91. The van der Waals surface area contributed by atoms with Gasteiger partial charge in [-0.3, -0.25) is 4.79 Å². The van der Waals surface area contributed by atoms with Gasteiger partial charge in [-0.05, 0) is 31.2 Å². The van der Waals surface area contributed by atoms with Crippen molar-refractivity contribution in [2.75, 3.05) is 14.2 Å². The topological polar surface area (TPSA) is 60.2 Å². The van der Waals surface area contributed by atoms with Crippen molar-refractivity contribution in [2.45, 2.75) is 13.5 Å². The van der Waals surface area contributed by atoms with Crippen LogP contribution < -0.4 is 4.74 Å². The second-order valence-electron chi connectivity index (χ2n) is 6.00. The van der Waals surface area contributed by atoms with Gasteiger partial charge in [-0.2, -0.15) is 0 Å². The molecule has 0 aliphatic carbocycles. The lowest BCUT2D eigenvalue weighted by molar-refractivity contribution is 0.0777. The maximum Gasteiger partial charge on any atom is 0.276 e. The van der Waals surface area contributed by atoms with Crippen LogP contribution in [0.15, 0.2) is 42.5 Å². The van der Waals surface area contributed by atoms with Crippen molar-refractivity contribution >= 4 is 17.5 Å². The SMILES string of the molecule is COc1cccc(-n2nnc(C(=O)N(C)Cc3c(F)cccc3Cl)c2C)c1. The van der Waals surface area contributed by atoms with Gasteiger partial charge in [-0.25, -0.2) is 9.07 Å². The highest BCUT2D eigenvalue weighted by atomic mass is 35.5. The predicted octanol–water partition coefficient (Wildman–Crippen LogP) is 3.65. The second kappa shape index (κ2) is 7.75. The van der Waals surface area contributed by atoms with E-state index in [1.165, 1.54) is 17.0 Å². The highest BCUT2D eigenvalue weighted by Crippen LogP contribution is 2.22. The van der Waals surface area contributed by atoms with Gasteiger partial charge in [0.05, 0.1) is 25.0 Å². The van der Waals surface area contributed by atoms with E-state index in [-0.39, 0.29) is 28.7 Å². The van der Waals surface area contributed by atoms with E-state index >= 15 is 0 Å². The Kier molecular flexibility index (Phi) is 5.41. The van der Waals surface area contributed by atoms with Crippen molar-refractivity contribution < 1.29 is 13.9 Å². The van der Waals surface area contributed by atoms with Crippen LogP contribution in [-0.4, -0.2) is 40.0 Å². The van der Waals surface area contributed by atoms with Crippen LogP contribution >= 0.6 is 11.6 Å². The van der Waals surface area contributed by atoms with Crippen molar-refractivity contribution in [1.29, 1.82) is 0 Å². The van der Waals surface area contributed by atoms with Crippen molar-refractivity contribution in [3.8, 4) is 11.4 Å². The normalized spacial score (nSPS) is 10.7. The number of carbonyl (C=O) groups is 1. The van der Waals surface area contributed by atoms with E-state index in [0.29, 0.717) is 11.4 Å². The summed E-state index contributed by atoms with van der Waals surface area (Å²) in [6, 6.07) is 11.7. The Balaban J connectivity index is 1.86. The Morgan fingerprint density at radius 1 is 1.30 bits per heavy atom. The minimum atomic E-state index is -0.459. The summed E-state index contributed by atoms with van der Waals surface area (Å²) in [4.78, 5) is 14.1. The summed E-state index contributed by atoms with van der Waals surface area (Å²) < 4.78 is 20.8. The molecule has 0 atom stereocenters. The van der Waals surface area contributed by atoms with Gasteiger partial charge in [0.1, 0.15) is 11.6 Å². The summed E-state index contributed by atoms with van der Waals surface area (Å²) in [5.41, 5.74) is 1.73. The number of ether oxygens (including phenoxy) is 1. The minimum absolute atomic E-state index is 0.0236. The number of amides is 1. The van der Waals surface area contributed by atoms with Crippen LogP contribution in [0.25, 0.3) is 5.69 Å². The van der Waals surface area contributed by atoms with Crippen LogP contribution in [0.2, 0.25) is 5.02 Å². The van der Waals surface area contributed by atoms with Gasteiger partial charge < -0.3 is 9.64 Å². The molecule has 2 aromatic carbocycles. The van der Waals surface area contributed by atoms with Crippen molar-refractivity contribution in [3.63, 3.8) is 0 Å². The molecular weight excluding hydrogens is 371 g/mol. The molecule has 1 amide bonds. The van der Waals surface area contributed by atoms with Gasteiger partial charge in [-0.1, -0.05) is 28.9 Å². The maximum absolute atomic E-state index is 14.0. The van der Waals surface area contributed by atoms with Gasteiger partial charge in [-0.15, -0.1) is 5.10 Å². The van der Waals surface area contributed by atoms with E-state index in [0.717, 1.165) is 5.69 Å². The molecule has 140 valence electrons. The first-order valence-corrected chi connectivity index (χ1v) is 8.55. The lowest BCUT2D eigenvalue weighted by Crippen LogP contribution is -2.27. The lowest BCUT2D eigenvalue weighted by Gasteiger charge is -2.17. The molecule has 8 heteroatoms. The third-order valence-corrected chi connectivity index (χ3v) is 4.55. The van der Waals surface area contributed by atoms with Gasteiger partial charge in [0.15, 0.2) is 5.69 Å². The maximum atomic E-state index is 14.0. The van der Waals surface area contributed by atoms with Crippen LogP contribution in [0.1, 0.15) is 21.7 Å². The molecular formula is C19H18ClFN4O2. The zero-order chi connectivity index (χ0) is 19.6. The van der Waals surface area contributed by atoms with Crippen molar-refractivity contribution in [3.05, 3.63) is 70.3 Å². The molecule has 27 heavy (non-hydrogen) atoms. The molecule has 0 radical (unpaired) electrons. The van der Waals surface area contributed by atoms with Gasteiger partial charge in [0, 0.05) is 23.7 Å². The van der Waals surface area contributed by atoms with Crippen LogP contribution in [0, 0.1) is 12.7 Å². The summed E-state index contributed by atoms with van der Waals surface area (Å²) in [6.45, 7) is 1.77. The molecule has 0 spiro atoms. The Hall–Kier alpha value is -2.93. The van der Waals surface area contributed by atoms with Crippen LogP contribution in [0.5, 0.6) is 5.75 Å². The fraction of sp³-hybridized carbons (Fsp3) is 0.211. The number of hydrogen-bond acceptors (Lipinski definition) is 4. The number of halogens is 2. The van der Waals surface area contributed by atoms with Crippen molar-refractivity contribution in [2.24, 2.45) is 0 Å². The monoisotopic (exact) mass is 388 g/mol. The first-order valence-electron chi connectivity index (χ1n) is 8.17. The molecule has 6 nitrogen and oxygen atoms in total. The molecule has 1 aromatic heterocycles. The molecule has 0 aliphatic rings. The standard InChI is InChI=1S/C19H18ClFN4O2/c1-12-18(22-23-25(12)13-6-4-7-14(10-13)27-3)19(26)24(2)11-15-16(20)8-5-9-17(15)21/h4-10H,11H2,1-3H3. The average molecular weight is 389 g/mol.